The molecule has 34 heavy (non-hydrogen) atoms. The number of nitriles is 1. The first-order valence-corrected chi connectivity index (χ1v) is 11.9. The first-order chi connectivity index (χ1) is 16.5. The lowest BCUT2D eigenvalue weighted by molar-refractivity contribution is -0.147. The Balaban J connectivity index is 1.52. The molecule has 0 aliphatic carbocycles. The van der Waals surface area contributed by atoms with Crippen molar-refractivity contribution in [1.82, 2.24) is 25.8 Å². The number of carbonyl (C=O) groups is 4. The minimum absolute atomic E-state index is 0.0513. The maximum atomic E-state index is 13.3. The van der Waals surface area contributed by atoms with E-state index in [0.29, 0.717) is 43.5 Å². The van der Waals surface area contributed by atoms with Gasteiger partial charge in [-0.15, -0.1) is 0 Å². The van der Waals surface area contributed by atoms with Gasteiger partial charge in [-0.3, -0.25) is 19.2 Å². The maximum Gasteiger partial charge on any atom is 0.253 e. The predicted molar refractivity (Wildman–Crippen MR) is 122 cm³/mol. The summed E-state index contributed by atoms with van der Waals surface area (Å²) in [5.74, 6) is -1.12. The first kappa shape index (κ1) is 23.7. The van der Waals surface area contributed by atoms with Gasteiger partial charge >= 0.3 is 0 Å². The van der Waals surface area contributed by atoms with Crippen LogP contribution in [-0.2, 0) is 14.4 Å². The van der Waals surface area contributed by atoms with Gasteiger partial charge < -0.3 is 25.8 Å². The highest BCUT2D eigenvalue weighted by Gasteiger charge is 2.40. The van der Waals surface area contributed by atoms with Crippen LogP contribution in [0.5, 0.6) is 0 Å². The zero-order valence-corrected chi connectivity index (χ0v) is 19.1. The van der Waals surface area contributed by atoms with Crippen LogP contribution in [0.25, 0.3) is 0 Å². The van der Waals surface area contributed by atoms with Crippen LogP contribution in [0.2, 0.25) is 0 Å². The van der Waals surface area contributed by atoms with Crippen molar-refractivity contribution in [1.29, 1.82) is 5.26 Å². The van der Waals surface area contributed by atoms with E-state index < -0.39 is 18.0 Å². The average molecular weight is 467 g/mol. The molecule has 2 atom stereocenters. The summed E-state index contributed by atoms with van der Waals surface area (Å²) in [6, 6.07) is 6.87. The van der Waals surface area contributed by atoms with Crippen molar-refractivity contribution in [3.05, 3.63) is 35.4 Å². The topological polar surface area (TPSA) is 135 Å². The molecule has 0 spiro atoms. The minimum Gasteiger partial charge on any atom is -0.354 e. The molecule has 0 saturated carbocycles. The fourth-order valence-corrected chi connectivity index (χ4v) is 4.81. The number of nitrogens with one attached hydrogen (secondary N) is 3. The molecule has 3 aliphatic rings. The molecule has 0 bridgehead atoms. The van der Waals surface area contributed by atoms with Crippen molar-refractivity contribution in [2.75, 3.05) is 39.3 Å². The molecule has 0 aromatic heterocycles. The molecule has 4 rings (SSSR count). The quantitative estimate of drug-likeness (QED) is 0.553. The number of amides is 4. The molecule has 0 unspecified atom stereocenters. The van der Waals surface area contributed by atoms with Gasteiger partial charge in [0.2, 0.25) is 17.7 Å². The fraction of sp³-hybridized carbons (Fsp3) is 0.542. The lowest BCUT2D eigenvalue weighted by atomic mass is 9.95. The molecule has 0 radical (unpaired) electrons. The van der Waals surface area contributed by atoms with Gasteiger partial charge in [-0.05, 0) is 63.0 Å². The smallest absolute Gasteiger partial charge is 0.253 e. The zero-order chi connectivity index (χ0) is 24.1. The van der Waals surface area contributed by atoms with Gasteiger partial charge in [0, 0.05) is 31.1 Å². The van der Waals surface area contributed by atoms with Crippen LogP contribution in [0, 0.1) is 17.2 Å². The maximum absolute atomic E-state index is 13.3. The van der Waals surface area contributed by atoms with Crippen molar-refractivity contribution in [3.8, 4) is 6.07 Å². The molecule has 3 heterocycles. The Labute approximate surface area is 198 Å². The number of benzene rings is 1. The largest absolute Gasteiger partial charge is 0.354 e. The Kier molecular flexibility index (Phi) is 7.43. The van der Waals surface area contributed by atoms with Crippen molar-refractivity contribution in [2.45, 2.75) is 37.8 Å². The third-order valence-electron chi connectivity index (χ3n) is 6.80. The molecule has 10 heteroatoms. The second-order valence-corrected chi connectivity index (χ2v) is 9.01. The standard InChI is InChI=1S/C24H30N6O4/c25-14-16-3-5-17(6-4-16)23(33)29-12-13-30(24(34)18-7-10-26-11-8-18)20(15-29)22(32)28-19-2-1-9-27-21(19)31/h3-6,18-20,26H,1-2,7-13,15H2,(H,27,31)(H,28,32)/t19-,20-/m0/s1. The molecule has 3 aliphatic heterocycles. The molecule has 3 saturated heterocycles. The Morgan fingerprint density at radius 1 is 1.03 bits per heavy atom. The predicted octanol–water partition coefficient (Wildman–Crippen LogP) is -0.394. The SMILES string of the molecule is N#Cc1ccc(C(=O)N2CCN(C(=O)C3CCNCC3)[C@H](C(=O)N[C@H]3CCCNC3=O)C2)cc1. The summed E-state index contributed by atoms with van der Waals surface area (Å²) in [6.07, 6.45) is 2.73. The Morgan fingerprint density at radius 3 is 2.44 bits per heavy atom. The van der Waals surface area contributed by atoms with Gasteiger partial charge in [-0.2, -0.15) is 5.26 Å². The Hall–Kier alpha value is -3.45. The van der Waals surface area contributed by atoms with Crippen LogP contribution >= 0.6 is 0 Å². The van der Waals surface area contributed by atoms with Gasteiger partial charge in [-0.25, -0.2) is 0 Å². The summed E-state index contributed by atoms with van der Waals surface area (Å²) in [6.45, 7) is 2.71. The molecular weight excluding hydrogens is 436 g/mol. The van der Waals surface area contributed by atoms with Gasteiger partial charge in [-0.1, -0.05) is 0 Å². The van der Waals surface area contributed by atoms with Gasteiger partial charge in [0.1, 0.15) is 12.1 Å². The second-order valence-electron chi connectivity index (χ2n) is 9.01. The summed E-state index contributed by atoms with van der Waals surface area (Å²) < 4.78 is 0. The number of hydrogen-bond acceptors (Lipinski definition) is 6. The number of piperidine rings is 2. The normalized spacial score (nSPS) is 23.6. The first-order valence-electron chi connectivity index (χ1n) is 11.9. The van der Waals surface area contributed by atoms with Crippen molar-refractivity contribution >= 4 is 23.6 Å². The van der Waals surface area contributed by atoms with E-state index in [4.69, 9.17) is 5.26 Å². The van der Waals surface area contributed by atoms with E-state index in [1.165, 1.54) is 0 Å². The van der Waals surface area contributed by atoms with Crippen molar-refractivity contribution in [2.24, 2.45) is 5.92 Å². The third kappa shape index (κ3) is 5.20. The second kappa shape index (κ2) is 10.7. The van der Waals surface area contributed by atoms with E-state index in [1.54, 1.807) is 34.1 Å². The van der Waals surface area contributed by atoms with Crippen LogP contribution in [0.1, 0.15) is 41.6 Å². The molecule has 180 valence electrons. The summed E-state index contributed by atoms with van der Waals surface area (Å²) >= 11 is 0. The summed E-state index contributed by atoms with van der Waals surface area (Å²) in [7, 11) is 0. The molecule has 1 aromatic carbocycles. The number of nitrogens with zero attached hydrogens (tertiary/aromatic N) is 3. The van der Waals surface area contributed by atoms with Gasteiger partial charge in [0.25, 0.3) is 5.91 Å². The van der Waals surface area contributed by atoms with E-state index in [1.807, 2.05) is 6.07 Å². The molecule has 1 aromatic rings. The van der Waals surface area contributed by atoms with Crippen molar-refractivity contribution in [3.63, 3.8) is 0 Å². The molecule has 4 amide bonds. The Bertz CT molecular complexity index is 982. The van der Waals surface area contributed by atoms with E-state index >= 15 is 0 Å². The van der Waals surface area contributed by atoms with Crippen LogP contribution < -0.4 is 16.0 Å². The minimum atomic E-state index is -0.867. The summed E-state index contributed by atoms with van der Waals surface area (Å²) in [5, 5.41) is 17.8. The van der Waals surface area contributed by atoms with E-state index in [2.05, 4.69) is 16.0 Å². The summed E-state index contributed by atoms with van der Waals surface area (Å²) in [5.41, 5.74) is 0.875. The van der Waals surface area contributed by atoms with Crippen LogP contribution in [0.4, 0.5) is 0 Å². The summed E-state index contributed by atoms with van der Waals surface area (Å²) in [4.78, 5) is 55.1. The van der Waals surface area contributed by atoms with Crippen molar-refractivity contribution < 1.29 is 19.2 Å². The van der Waals surface area contributed by atoms with E-state index in [0.717, 1.165) is 19.5 Å². The highest BCUT2D eigenvalue weighted by Crippen LogP contribution is 2.21. The monoisotopic (exact) mass is 466 g/mol. The highest BCUT2D eigenvalue weighted by molar-refractivity contribution is 5.97. The number of rotatable bonds is 4. The molecule has 3 N–H and O–H groups in total. The lowest BCUT2D eigenvalue weighted by Crippen LogP contribution is -2.64. The third-order valence-corrected chi connectivity index (χ3v) is 6.80. The van der Waals surface area contributed by atoms with Gasteiger partial charge in [0.15, 0.2) is 0 Å². The highest BCUT2D eigenvalue weighted by atomic mass is 16.2. The number of piperazine rings is 1. The van der Waals surface area contributed by atoms with E-state index in [9.17, 15) is 19.2 Å². The number of hydrogen-bond donors (Lipinski definition) is 3. The lowest BCUT2D eigenvalue weighted by Gasteiger charge is -2.42. The zero-order valence-electron chi connectivity index (χ0n) is 19.1. The molecule has 10 nitrogen and oxygen atoms in total. The molecular formula is C24H30N6O4. The Morgan fingerprint density at radius 2 is 1.76 bits per heavy atom. The van der Waals surface area contributed by atoms with Crippen LogP contribution in [0.15, 0.2) is 24.3 Å². The van der Waals surface area contributed by atoms with E-state index in [-0.39, 0.29) is 36.7 Å². The average Bonchev–Trinajstić information content (AvgIpc) is 2.89. The fourth-order valence-electron chi connectivity index (χ4n) is 4.81. The number of carbonyl (C=O) groups excluding carboxylic acids is 4. The van der Waals surface area contributed by atoms with Crippen LogP contribution in [-0.4, -0.2) is 84.8 Å². The molecule has 3 fully saturated rings. The van der Waals surface area contributed by atoms with Crippen LogP contribution in [0.3, 0.4) is 0 Å². The van der Waals surface area contributed by atoms with Gasteiger partial charge in [0.05, 0.1) is 18.2 Å².